The van der Waals surface area contributed by atoms with Gasteiger partial charge in [0.1, 0.15) is 0 Å². The van der Waals surface area contributed by atoms with E-state index in [-0.39, 0.29) is 11.6 Å². The lowest BCUT2D eigenvalue weighted by Crippen LogP contribution is -2.19. The third-order valence-corrected chi connectivity index (χ3v) is 4.05. The van der Waals surface area contributed by atoms with Crippen LogP contribution in [0.15, 0.2) is 84.0 Å². The molecule has 0 radical (unpaired) electrons. The molecule has 0 spiro atoms. The molecule has 0 fully saturated rings. The Labute approximate surface area is 156 Å². The van der Waals surface area contributed by atoms with Crippen LogP contribution >= 0.6 is 0 Å². The molecule has 3 aromatic rings. The molecule has 0 aromatic heterocycles. The Bertz CT molecular complexity index is 997. The summed E-state index contributed by atoms with van der Waals surface area (Å²) < 4.78 is 0. The molecule has 0 aliphatic rings. The Morgan fingerprint density at radius 3 is 2.22 bits per heavy atom. The number of rotatable bonds is 5. The fourth-order valence-corrected chi connectivity index (χ4v) is 2.55. The van der Waals surface area contributed by atoms with Gasteiger partial charge in [0.25, 0.3) is 11.6 Å². The highest BCUT2D eigenvalue weighted by Crippen LogP contribution is 2.19. The van der Waals surface area contributed by atoms with Crippen molar-refractivity contribution in [3.8, 4) is 11.1 Å². The zero-order valence-electron chi connectivity index (χ0n) is 14.6. The van der Waals surface area contributed by atoms with Crippen molar-refractivity contribution < 1.29 is 9.72 Å². The van der Waals surface area contributed by atoms with Crippen LogP contribution in [0.25, 0.3) is 11.1 Å². The zero-order chi connectivity index (χ0) is 19.2. The average molecular weight is 359 g/mol. The smallest absolute Gasteiger partial charge is 0.267 e. The largest absolute Gasteiger partial charge is 0.271 e. The summed E-state index contributed by atoms with van der Waals surface area (Å²) in [5.74, 6) is -0.348. The summed E-state index contributed by atoms with van der Waals surface area (Å²) in [6, 6.07) is 23.2. The van der Waals surface area contributed by atoms with Gasteiger partial charge in [0.05, 0.1) is 10.6 Å². The van der Waals surface area contributed by atoms with Crippen molar-refractivity contribution in [2.75, 3.05) is 0 Å². The van der Waals surface area contributed by atoms with Gasteiger partial charge in [-0.2, -0.15) is 5.10 Å². The molecule has 1 N–H and O–H groups in total. The van der Waals surface area contributed by atoms with E-state index < -0.39 is 4.92 Å². The number of carbonyl (C=O) groups excluding carboxylic acids is 1. The molecule has 3 rings (SSSR count). The van der Waals surface area contributed by atoms with Crippen LogP contribution in [0, 0.1) is 10.1 Å². The Kier molecular flexibility index (Phi) is 5.37. The standard InChI is InChI=1S/C21H17N3O3/c1-15(19-8-5-9-20(14-19)24(26)27)22-23-21(25)18-12-10-17(11-13-18)16-6-3-2-4-7-16/h2-14H,1H3,(H,23,25)/b22-15-. The maximum atomic E-state index is 12.3. The highest BCUT2D eigenvalue weighted by atomic mass is 16.6. The predicted molar refractivity (Wildman–Crippen MR) is 105 cm³/mol. The van der Waals surface area contributed by atoms with Gasteiger partial charge in [-0.3, -0.25) is 14.9 Å². The van der Waals surface area contributed by atoms with E-state index in [0.29, 0.717) is 16.8 Å². The van der Waals surface area contributed by atoms with E-state index in [1.807, 2.05) is 42.5 Å². The lowest BCUT2D eigenvalue weighted by atomic mass is 10.0. The second-order valence-corrected chi connectivity index (χ2v) is 5.89. The first kappa shape index (κ1) is 18.0. The number of non-ortho nitro benzene ring substituents is 1. The van der Waals surface area contributed by atoms with Gasteiger partial charge >= 0.3 is 0 Å². The summed E-state index contributed by atoms with van der Waals surface area (Å²) in [5, 5.41) is 14.9. The Balaban J connectivity index is 1.71. The maximum Gasteiger partial charge on any atom is 0.271 e. The molecular formula is C21H17N3O3. The molecular weight excluding hydrogens is 342 g/mol. The number of hydrogen-bond acceptors (Lipinski definition) is 4. The lowest BCUT2D eigenvalue weighted by Gasteiger charge is -2.05. The van der Waals surface area contributed by atoms with E-state index in [1.165, 1.54) is 12.1 Å². The van der Waals surface area contributed by atoms with E-state index in [4.69, 9.17) is 0 Å². The third-order valence-electron chi connectivity index (χ3n) is 4.05. The van der Waals surface area contributed by atoms with Gasteiger partial charge in [0.15, 0.2) is 0 Å². The SMILES string of the molecule is C/C(=N/NC(=O)c1ccc(-c2ccccc2)cc1)c1cccc([N+](=O)[O-])c1. The van der Waals surface area contributed by atoms with Gasteiger partial charge in [-0.05, 0) is 30.2 Å². The summed E-state index contributed by atoms with van der Waals surface area (Å²) in [7, 11) is 0. The van der Waals surface area contributed by atoms with Crippen LogP contribution in [0.2, 0.25) is 0 Å². The number of nitrogens with zero attached hydrogens (tertiary/aromatic N) is 2. The summed E-state index contributed by atoms with van der Waals surface area (Å²) in [5.41, 5.74) is 6.08. The summed E-state index contributed by atoms with van der Waals surface area (Å²) in [4.78, 5) is 22.7. The molecule has 0 bridgehead atoms. The van der Waals surface area contributed by atoms with Gasteiger partial charge in [0, 0.05) is 23.3 Å². The number of benzene rings is 3. The van der Waals surface area contributed by atoms with Gasteiger partial charge in [-0.15, -0.1) is 0 Å². The molecule has 0 heterocycles. The van der Waals surface area contributed by atoms with Crippen molar-refractivity contribution >= 4 is 17.3 Å². The third kappa shape index (κ3) is 4.43. The molecule has 134 valence electrons. The van der Waals surface area contributed by atoms with Gasteiger partial charge < -0.3 is 0 Å². The molecule has 0 saturated carbocycles. The van der Waals surface area contributed by atoms with Crippen molar-refractivity contribution in [2.45, 2.75) is 6.92 Å². The number of amides is 1. The minimum absolute atomic E-state index is 0.0233. The summed E-state index contributed by atoms with van der Waals surface area (Å²) in [6.45, 7) is 1.68. The first-order valence-corrected chi connectivity index (χ1v) is 8.29. The Morgan fingerprint density at radius 1 is 0.889 bits per heavy atom. The van der Waals surface area contributed by atoms with Gasteiger partial charge in [0.2, 0.25) is 0 Å². The van der Waals surface area contributed by atoms with E-state index in [1.54, 1.807) is 31.2 Å². The van der Waals surface area contributed by atoms with E-state index in [9.17, 15) is 14.9 Å². The van der Waals surface area contributed by atoms with Crippen LogP contribution in [0.3, 0.4) is 0 Å². The number of nitro groups is 1. The van der Waals surface area contributed by atoms with Crippen LogP contribution < -0.4 is 5.43 Å². The molecule has 0 aliphatic carbocycles. The fourth-order valence-electron chi connectivity index (χ4n) is 2.55. The zero-order valence-corrected chi connectivity index (χ0v) is 14.6. The van der Waals surface area contributed by atoms with E-state index >= 15 is 0 Å². The van der Waals surface area contributed by atoms with Crippen LogP contribution in [-0.4, -0.2) is 16.5 Å². The van der Waals surface area contributed by atoms with Crippen molar-refractivity contribution in [1.29, 1.82) is 0 Å². The maximum absolute atomic E-state index is 12.3. The number of hydrogen-bond donors (Lipinski definition) is 1. The second kappa shape index (κ2) is 8.05. The molecule has 0 saturated heterocycles. The monoisotopic (exact) mass is 359 g/mol. The first-order chi connectivity index (χ1) is 13.0. The van der Waals surface area contributed by atoms with Crippen molar-refractivity contribution in [2.24, 2.45) is 5.10 Å². The first-order valence-electron chi connectivity index (χ1n) is 8.29. The van der Waals surface area contributed by atoms with Crippen LogP contribution in [0.1, 0.15) is 22.8 Å². The molecule has 27 heavy (non-hydrogen) atoms. The van der Waals surface area contributed by atoms with Crippen molar-refractivity contribution in [3.63, 3.8) is 0 Å². The second-order valence-electron chi connectivity index (χ2n) is 5.89. The van der Waals surface area contributed by atoms with Crippen molar-refractivity contribution in [1.82, 2.24) is 5.43 Å². The Hall–Kier alpha value is -3.80. The quantitative estimate of drug-likeness (QED) is 0.416. The Morgan fingerprint density at radius 2 is 1.56 bits per heavy atom. The summed E-state index contributed by atoms with van der Waals surface area (Å²) in [6.07, 6.45) is 0. The van der Waals surface area contributed by atoms with Crippen molar-refractivity contribution in [3.05, 3.63) is 100 Å². The van der Waals surface area contributed by atoms with Crippen LogP contribution in [0.4, 0.5) is 5.69 Å². The molecule has 0 atom stereocenters. The minimum atomic E-state index is -0.469. The summed E-state index contributed by atoms with van der Waals surface area (Å²) >= 11 is 0. The van der Waals surface area contributed by atoms with Crippen LogP contribution in [-0.2, 0) is 0 Å². The molecule has 6 heteroatoms. The van der Waals surface area contributed by atoms with E-state index in [0.717, 1.165) is 11.1 Å². The normalized spacial score (nSPS) is 11.1. The topological polar surface area (TPSA) is 84.6 Å². The number of hydrazone groups is 1. The van der Waals surface area contributed by atoms with Gasteiger partial charge in [-0.1, -0.05) is 54.6 Å². The molecule has 6 nitrogen and oxygen atoms in total. The molecule has 0 aliphatic heterocycles. The molecule has 1 amide bonds. The minimum Gasteiger partial charge on any atom is -0.267 e. The fraction of sp³-hybridized carbons (Fsp3) is 0.0476. The highest BCUT2D eigenvalue weighted by molar-refractivity contribution is 6.01. The van der Waals surface area contributed by atoms with Crippen LogP contribution in [0.5, 0.6) is 0 Å². The number of carbonyl (C=O) groups is 1. The molecule has 0 unspecified atom stereocenters. The van der Waals surface area contributed by atoms with Gasteiger partial charge in [-0.25, -0.2) is 5.43 Å². The number of nitrogens with one attached hydrogen (secondary N) is 1. The van der Waals surface area contributed by atoms with E-state index in [2.05, 4.69) is 10.5 Å². The highest BCUT2D eigenvalue weighted by Gasteiger charge is 2.09. The number of nitro benzene ring substituents is 1. The molecule has 3 aromatic carbocycles. The lowest BCUT2D eigenvalue weighted by molar-refractivity contribution is -0.384. The predicted octanol–water partition coefficient (Wildman–Crippen LogP) is 4.42. The average Bonchev–Trinajstić information content (AvgIpc) is 2.72.